The van der Waals surface area contributed by atoms with Crippen molar-refractivity contribution in [2.75, 3.05) is 0 Å². The number of phenols is 2. The fraction of sp³-hybridized carbons (Fsp3) is 0.533. The number of aromatic hydroxyl groups is 2. The molecular weight excluding hydrogens is 552 g/mol. The van der Waals surface area contributed by atoms with E-state index in [1.54, 1.807) is 0 Å². The van der Waals surface area contributed by atoms with Gasteiger partial charge in [-0.05, 0) is 0 Å². The van der Waals surface area contributed by atoms with Crippen LogP contribution in [0, 0.1) is 13.8 Å². The number of hydrogen-bond donors (Lipinski definition) is 2. The molecule has 2 aromatic rings. The maximum atomic E-state index is 11.2. The standard InChI is InChI=1S/C30H42N2O2.BrH.Cr/c1-19-13-21(27(33)23(15-19)29(3,4)5)17-31-25-11-9-10-12-26(25)32-18-22-14-20(2)16-24(28(22)34)30(6,7)8;;/h13-18,25-26,33-34H,9-12H2,1-8H3;1H;/q;;+2/p-1/t25-,26-;;/m1../s1. The maximum absolute atomic E-state index is 11.2. The molecule has 0 bridgehead atoms. The van der Waals surface area contributed by atoms with E-state index in [4.69, 9.17) is 0 Å². The molecule has 2 N–H and O–H groups in total. The SMILES string of the molecule is Cc1cc(C=[N+]2[Cr][N+](=Cc3cc(C)cc(C(C)(C)C)c3O)[C@@H]3CCCC[C@H]32)c(O)c(C(C)(C)C)c1.[Br-]. The number of nitrogens with zero attached hydrogens (tertiary/aromatic N) is 2. The van der Waals surface area contributed by atoms with Crippen LogP contribution in [0.4, 0.5) is 0 Å². The van der Waals surface area contributed by atoms with Gasteiger partial charge in [0.15, 0.2) is 0 Å². The molecule has 1 aliphatic heterocycles. The second-order valence-corrected chi connectivity index (χ2v) is 14.1. The van der Waals surface area contributed by atoms with E-state index in [1.807, 2.05) is 0 Å². The van der Waals surface area contributed by atoms with Crippen molar-refractivity contribution in [1.82, 2.24) is 0 Å². The summed E-state index contributed by atoms with van der Waals surface area (Å²) in [5, 5.41) is 22.3. The Morgan fingerprint density at radius 3 is 1.42 bits per heavy atom. The van der Waals surface area contributed by atoms with Crippen LogP contribution in [0.2, 0.25) is 0 Å². The van der Waals surface area contributed by atoms with Gasteiger partial charge in [-0.15, -0.1) is 0 Å². The number of halogens is 1. The van der Waals surface area contributed by atoms with Gasteiger partial charge in [0.25, 0.3) is 0 Å². The minimum Gasteiger partial charge on any atom is -1.00 e. The molecule has 1 saturated carbocycles. The molecule has 2 aromatic carbocycles. The minimum absolute atomic E-state index is 0. The molecule has 2 aliphatic rings. The largest absolute Gasteiger partial charge is 1.00 e. The smallest absolute Gasteiger partial charge is 1.00 e. The van der Waals surface area contributed by atoms with Crippen molar-refractivity contribution < 1.29 is 50.0 Å². The number of aryl methyl sites for hydroxylation is 2. The van der Waals surface area contributed by atoms with Crippen LogP contribution in [0.5, 0.6) is 11.5 Å². The fourth-order valence-corrected chi connectivity index (χ4v) is 7.37. The van der Waals surface area contributed by atoms with Gasteiger partial charge in [0.2, 0.25) is 0 Å². The maximum Gasteiger partial charge on any atom is -1.00 e. The zero-order chi connectivity index (χ0) is 25.7. The summed E-state index contributed by atoms with van der Waals surface area (Å²) in [5.41, 5.74) is 5.94. The van der Waals surface area contributed by atoms with E-state index < -0.39 is 0 Å². The summed E-state index contributed by atoms with van der Waals surface area (Å²) >= 11 is 0.0514. The molecular formula is C30H42BrCrN2O2+. The van der Waals surface area contributed by atoms with E-state index in [2.05, 4.69) is 99.2 Å². The third-order valence-corrected chi connectivity index (χ3v) is 9.02. The molecule has 0 spiro atoms. The van der Waals surface area contributed by atoms with Gasteiger partial charge in [0.1, 0.15) is 0 Å². The first-order valence-corrected chi connectivity index (χ1v) is 14.0. The number of phenolic OH excluding ortho intramolecular Hbond substituents is 2. The Balaban J connectivity index is 0.00000361. The molecule has 36 heavy (non-hydrogen) atoms. The van der Waals surface area contributed by atoms with Crippen molar-refractivity contribution in [3.63, 3.8) is 0 Å². The Hall–Kier alpha value is -1.61. The van der Waals surface area contributed by atoms with Crippen LogP contribution in [0.15, 0.2) is 24.3 Å². The molecule has 0 aromatic heterocycles. The van der Waals surface area contributed by atoms with Crippen molar-refractivity contribution in [3.05, 3.63) is 57.6 Å². The van der Waals surface area contributed by atoms with Gasteiger partial charge in [-0.3, -0.25) is 0 Å². The molecule has 2 fully saturated rings. The van der Waals surface area contributed by atoms with Crippen LogP contribution in [-0.2, 0) is 26.5 Å². The van der Waals surface area contributed by atoms with Gasteiger partial charge in [-0.1, -0.05) is 0 Å². The number of benzene rings is 2. The van der Waals surface area contributed by atoms with Crippen LogP contribution in [0.25, 0.3) is 0 Å². The zero-order valence-corrected chi connectivity index (χ0v) is 25.9. The van der Waals surface area contributed by atoms with E-state index in [0.717, 1.165) is 22.3 Å². The average molecular weight is 595 g/mol. The quantitative estimate of drug-likeness (QED) is 0.562. The molecule has 2 atom stereocenters. The van der Waals surface area contributed by atoms with Gasteiger partial charge in [-0.25, -0.2) is 0 Å². The zero-order valence-electron chi connectivity index (χ0n) is 23.0. The number of rotatable bonds is 2. The predicted molar refractivity (Wildman–Crippen MR) is 140 cm³/mol. The van der Waals surface area contributed by atoms with Gasteiger partial charge in [0.05, 0.1) is 0 Å². The van der Waals surface area contributed by atoms with Crippen molar-refractivity contribution in [3.8, 4) is 11.5 Å². The van der Waals surface area contributed by atoms with Crippen molar-refractivity contribution in [1.29, 1.82) is 0 Å². The summed E-state index contributed by atoms with van der Waals surface area (Å²) in [5.74, 6) is 0.805. The van der Waals surface area contributed by atoms with Crippen LogP contribution in [0.3, 0.4) is 0 Å². The van der Waals surface area contributed by atoms with Crippen LogP contribution in [0.1, 0.15) is 101 Å². The van der Waals surface area contributed by atoms with Gasteiger partial charge < -0.3 is 17.0 Å². The van der Waals surface area contributed by atoms with Crippen LogP contribution in [-0.4, -0.2) is 41.8 Å². The van der Waals surface area contributed by atoms with E-state index in [0.29, 0.717) is 23.6 Å². The van der Waals surface area contributed by atoms with Gasteiger partial charge in [0, 0.05) is 0 Å². The first-order valence-electron chi connectivity index (χ1n) is 12.9. The van der Waals surface area contributed by atoms with E-state index in [-0.39, 0.29) is 43.5 Å². The molecule has 1 heterocycles. The fourth-order valence-electron chi connectivity index (χ4n) is 5.38. The molecule has 196 valence electrons. The third-order valence-electron chi connectivity index (χ3n) is 7.25. The summed E-state index contributed by atoms with van der Waals surface area (Å²) in [6.07, 6.45) is 9.22. The van der Waals surface area contributed by atoms with Gasteiger partial charge >= 0.3 is 219 Å². The summed E-state index contributed by atoms with van der Waals surface area (Å²) in [6, 6.07) is 9.30. The van der Waals surface area contributed by atoms with E-state index in [1.165, 1.54) is 36.8 Å². The average Bonchev–Trinajstić information content (AvgIpc) is 3.08. The molecule has 0 unspecified atom stereocenters. The Labute approximate surface area is 234 Å². The topological polar surface area (TPSA) is 46.5 Å². The number of fused-ring (bicyclic) bond motifs is 1. The second-order valence-electron chi connectivity index (χ2n) is 12.5. The minimum atomic E-state index is -0.116. The normalized spacial score (nSPS) is 22.6. The molecule has 4 rings (SSSR count). The van der Waals surface area contributed by atoms with Gasteiger partial charge in [-0.2, -0.15) is 0 Å². The second kappa shape index (κ2) is 10.6. The summed E-state index contributed by atoms with van der Waals surface area (Å²) in [6.45, 7) is 17.1. The number of hydrogen-bond acceptors (Lipinski definition) is 2. The summed E-state index contributed by atoms with van der Waals surface area (Å²) < 4.78 is 4.96. The molecule has 0 amide bonds. The summed E-state index contributed by atoms with van der Waals surface area (Å²) in [4.78, 5) is 0. The molecule has 6 heteroatoms. The monoisotopic (exact) mass is 593 g/mol. The first kappa shape index (κ1) is 29.0. The van der Waals surface area contributed by atoms with Crippen molar-refractivity contribution in [2.45, 2.75) is 104 Å². The van der Waals surface area contributed by atoms with E-state index >= 15 is 0 Å². The molecule has 1 saturated heterocycles. The van der Waals surface area contributed by atoms with Crippen molar-refractivity contribution in [2.24, 2.45) is 0 Å². The van der Waals surface area contributed by atoms with Crippen LogP contribution >= 0.6 is 0 Å². The third kappa shape index (κ3) is 5.93. The first-order chi connectivity index (χ1) is 16.3. The molecule has 4 nitrogen and oxygen atoms in total. The Kier molecular flexibility index (Phi) is 8.56. The Morgan fingerprint density at radius 2 is 1.08 bits per heavy atom. The summed E-state index contributed by atoms with van der Waals surface area (Å²) in [7, 11) is 0. The predicted octanol–water partition coefficient (Wildman–Crippen LogP) is 3.11. The molecule has 0 radical (unpaired) electrons. The van der Waals surface area contributed by atoms with E-state index in [9.17, 15) is 10.2 Å². The Morgan fingerprint density at radius 1 is 0.722 bits per heavy atom. The Bertz CT molecular complexity index is 1110. The molecule has 1 aliphatic carbocycles. The van der Waals surface area contributed by atoms with Crippen molar-refractivity contribution >= 4 is 12.4 Å². The van der Waals surface area contributed by atoms with Crippen LogP contribution < -0.4 is 17.0 Å².